The third-order valence-electron chi connectivity index (χ3n) is 3.03. The molecule has 0 unspecified atom stereocenters. The van der Waals surface area contributed by atoms with Crippen molar-refractivity contribution in [1.82, 2.24) is 4.90 Å². The van der Waals surface area contributed by atoms with Gasteiger partial charge in [0.25, 0.3) is 0 Å². The third kappa shape index (κ3) is 3.61. The smallest absolute Gasteiger partial charge is 0.337 e. The maximum atomic E-state index is 11.9. The van der Waals surface area contributed by atoms with Crippen LogP contribution in [0.2, 0.25) is 5.02 Å². The van der Waals surface area contributed by atoms with Gasteiger partial charge in [0.15, 0.2) is 0 Å². The van der Waals surface area contributed by atoms with Crippen LogP contribution in [0.3, 0.4) is 0 Å². The number of hydrogen-bond donors (Lipinski definition) is 2. The summed E-state index contributed by atoms with van der Waals surface area (Å²) in [6.45, 7) is 0.689. The highest BCUT2D eigenvalue weighted by Gasteiger charge is 2.25. The van der Waals surface area contributed by atoms with Gasteiger partial charge in [-0.25, -0.2) is 9.59 Å². The Morgan fingerprint density at radius 2 is 2.16 bits per heavy atom. The lowest BCUT2D eigenvalue weighted by Gasteiger charge is -2.18. The van der Waals surface area contributed by atoms with Gasteiger partial charge in [-0.05, 0) is 37.0 Å². The molecule has 0 heterocycles. The molecule has 2 N–H and O–H groups in total. The fourth-order valence-corrected chi connectivity index (χ4v) is 1.96. The molecule has 1 aliphatic carbocycles. The summed E-state index contributed by atoms with van der Waals surface area (Å²) < 4.78 is 0. The fraction of sp³-hybridized carbons (Fsp3) is 0.385. The van der Waals surface area contributed by atoms with Crippen molar-refractivity contribution in [3.05, 3.63) is 28.8 Å². The van der Waals surface area contributed by atoms with Crippen LogP contribution < -0.4 is 5.32 Å². The number of carbonyl (C=O) groups is 2. The summed E-state index contributed by atoms with van der Waals surface area (Å²) in [6, 6.07) is 3.97. The van der Waals surface area contributed by atoms with E-state index in [4.69, 9.17) is 16.7 Å². The van der Waals surface area contributed by atoms with Gasteiger partial charge in [-0.1, -0.05) is 11.6 Å². The highest BCUT2D eigenvalue weighted by molar-refractivity contribution is 6.31. The van der Waals surface area contributed by atoms with Crippen LogP contribution in [0.5, 0.6) is 0 Å². The molecule has 0 aliphatic heterocycles. The molecular weight excluding hydrogens is 268 g/mol. The molecule has 0 aromatic heterocycles. The van der Waals surface area contributed by atoms with E-state index < -0.39 is 5.97 Å². The van der Waals surface area contributed by atoms with Crippen LogP contribution in [-0.2, 0) is 0 Å². The SMILES string of the molecule is CN(CC1CC1)C(=O)Nc1cc(Cl)ccc1C(=O)O. The van der Waals surface area contributed by atoms with E-state index in [0.29, 0.717) is 17.5 Å². The lowest BCUT2D eigenvalue weighted by Crippen LogP contribution is -2.33. The van der Waals surface area contributed by atoms with Gasteiger partial charge in [0.1, 0.15) is 0 Å². The summed E-state index contributed by atoms with van der Waals surface area (Å²) >= 11 is 5.82. The first kappa shape index (κ1) is 13.7. The molecule has 2 amide bonds. The average Bonchev–Trinajstić information content (AvgIpc) is 3.12. The molecule has 0 atom stereocenters. The molecule has 1 aliphatic rings. The largest absolute Gasteiger partial charge is 0.478 e. The van der Waals surface area contributed by atoms with Crippen molar-refractivity contribution in [2.24, 2.45) is 5.92 Å². The molecule has 1 aromatic rings. The van der Waals surface area contributed by atoms with E-state index in [1.165, 1.54) is 18.2 Å². The summed E-state index contributed by atoms with van der Waals surface area (Å²) in [6.07, 6.45) is 2.30. The minimum atomic E-state index is -1.10. The van der Waals surface area contributed by atoms with Crippen molar-refractivity contribution < 1.29 is 14.7 Å². The van der Waals surface area contributed by atoms with E-state index >= 15 is 0 Å². The van der Waals surface area contributed by atoms with Gasteiger partial charge in [-0.2, -0.15) is 0 Å². The van der Waals surface area contributed by atoms with Crippen LogP contribution in [0, 0.1) is 5.92 Å². The Labute approximate surface area is 116 Å². The quantitative estimate of drug-likeness (QED) is 0.892. The number of anilines is 1. The molecule has 2 rings (SSSR count). The number of carboxylic acids is 1. The lowest BCUT2D eigenvalue weighted by atomic mass is 10.2. The Kier molecular flexibility index (Phi) is 3.95. The van der Waals surface area contributed by atoms with Crippen molar-refractivity contribution in [3.63, 3.8) is 0 Å². The number of carbonyl (C=O) groups excluding carboxylic acids is 1. The van der Waals surface area contributed by atoms with Gasteiger partial charge in [0.05, 0.1) is 11.3 Å². The number of rotatable bonds is 4. The molecule has 0 saturated heterocycles. The Hall–Kier alpha value is -1.75. The van der Waals surface area contributed by atoms with E-state index in [1.807, 2.05) is 0 Å². The minimum absolute atomic E-state index is 0.0255. The zero-order chi connectivity index (χ0) is 14.0. The van der Waals surface area contributed by atoms with Crippen molar-refractivity contribution in [2.45, 2.75) is 12.8 Å². The van der Waals surface area contributed by atoms with Crippen LogP contribution in [0.1, 0.15) is 23.2 Å². The Balaban J connectivity index is 2.10. The second-order valence-electron chi connectivity index (χ2n) is 4.75. The Morgan fingerprint density at radius 3 is 2.74 bits per heavy atom. The molecule has 0 bridgehead atoms. The highest BCUT2D eigenvalue weighted by Crippen LogP contribution is 2.29. The first-order chi connectivity index (χ1) is 8.97. The Bertz CT molecular complexity index is 515. The van der Waals surface area contributed by atoms with Crippen LogP contribution >= 0.6 is 11.6 Å². The number of carboxylic acid groups (broad SMARTS) is 1. The van der Waals surface area contributed by atoms with Gasteiger partial charge < -0.3 is 15.3 Å². The van der Waals surface area contributed by atoms with E-state index in [0.717, 1.165) is 12.8 Å². The maximum Gasteiger partial charge on any atom is 0.337 e. The predicted octanol–water partition coefficient (Wildman–Crippen LogP) is 2.91. The van der Waals surface area contributed by atoms with Crippen LogP contribution in [0.15, 0.2) is 18.2 Å². The van der Waals surface area contributed by atoms with Crippen LogP contribution in [0.4, 0.5) is 10.5 Å². The highest BCUT2D eigenvalue weighted by atomic mass is 35.5. The van der Waals surface area contributed by atoms with Crippen molar-refractivity contribution in [1.29, 1.82) is 0 Å². The number of hydrogen-bond acceptors (Lipinski definition) is 2. The number of aromatic carboxylic acids is 1. The van der Waals surface area contributed by atoms with Crippen molar-refractivity contribution in [3.8, 4) is 0 Å². The van der Waals surface area contributed by atoms with E-state index in [-0.39, 0.29) is 17.3 Å². The van der Waals surface area contributed by atoms with Crippen LogP contribution in [-0.4, -0.2) is 35.6 Å². The number of halogens is 1. The summed E-state index contributed by atoms with van der Waals surface area (Å²) in [5.41, 5.74) is 0.241. The minimum Gasteiger partial charge on any atom is -0.478 e. The Morgan fingerprint density at radius 1 is 1.47 bits per heavy atom. The molecule has 1 saturated carbocycles. The fourth-order valence-electron chi connectivity index (χ4n) is 1.79. The van der Waals surface area contributed by atoms with Gasteiger partial charge in [0, 0.05) is 18.6 Å². The van der Waals surface area contributed by atoms with Gasteiger partial charge in [0.2, 0.25) is 0 Å². The monoisotopic (exact) mass is 282 g/mol. The summed E-state index contributed by atoms with van der Waals surface area (Å²) in [4.78, 5) is 24.6. The molecular formula is C13H15ClN2O3. The second kappa shape index (κ2) is 5.48. The normalized spacial score (nSPS) is 14.0. The first-order valence-corrected chi connectivity index (χ1v) is 6.40. The van der Waals surface area contributed by atoms with E-state index in [9.17, 15) is 9.59 Å². The number of benzene rings is 1. The summed E-state index contributed by atoms with van der Waals surface area (Å²) in [7, 11) is 1.69. The van der Waals surface area contributed by atoms with Gasteiger partial charge in [-0.15, -0.1) is 0 Å². The third-order valence-corrected chi connectivity index (χ3v) is 3.26. The van der Waals surface area contributed by atoms with Gasteiger partial charge >= 0.3 is 12.0 Å². The lowest BCUT2D eigenvalue weighted by molar-refractivity contribution is 0.0698. The molecule has 1 aromatic carbocycles. The summed E-state index contributed by atoms with van der Waals surface area (Å²) in [5.74, 6) is -0.522. The number of nitrogens with zero attached hydrogens (tertiary/aromatic N) is 1. The molecule has 102 valence electrons. The molecule has 0 radical (unpaired) electrons. The number of urea groups is 1. The zero-order valence-corrected chi connectivity index (χ0v) is 11.3. The number of amides is 2. The molecule has 1 fully saturated rings. The average molecular weight is 283 g/mol. The summed E-state index contributed by atoms with van der Waals surface area (Å²) in [5, 5.41) is 12.0. The van der Waals surface area contributed by atoms with Gasteiger partial charge in [-0.3, -0.25) is 0 Å². The first-order valence-electron chi connectivity index (χ1n) is 6.02. The topological polar surface area (TPSA) is 69.6 Å². The predicted molar refractivity (Wildman–Crippen MR) is 72.8 cm³/mol. The molecule has 0 spiro atoms. The van der Waals surface area contributed by atoms with E-state index in [1.54, 1.807) is 11.9 Å². The standard InChI is InChI=1S/C13H15ClN2O3/c1-16(7-8-2-3-8)13(19)15-11-6-9(14)4-5-10(11)12(17)18/h4-6,8H,2-3,7H2,1H3,(H,15,19)(H,17,18). The maximum absolute atomic E-state index is 11.9. The molecule has 6 heteroatoms. The van der Waals surface area contributed by atoms with Crippen LogP contribution in [0.25, 0.3) is 0 Å². The molecule has 19 heavy (non-hydrogen) atoms. The van der Waals surface area contributed by atoms with Crippen molar-refractivity contribution >= 4 is 29.3 Å². The molecule has 5 nitrogen and oxygen atoms in total. The number of nitrogens with one attached hydrogen (secondary N) is 1. The van der Waals surface area contributed by atoms with E-state index in [2.05, 4.69) is 5.32 Å². The van der Waals surface area contributed by atoms with Crippen molar-refractivity contribution in [2.75, 3.05) is 18.9 Å². The second-order valence-corrected chi connectivity index (χ2v) is 5.19. The zero-order valence-electron chi connectivity index (χ0n) is 10.5.